The third kappa shape index (κ3) is 4.85. The van der Waals surface area contributed by atoms with Crippen LogP contribution in [0.25, 0.3) is 11.4 Å². The van der Waals surface area contributed by atoms with E-state index < -0.39 is 12.0 Å². The largest absolute Gasteiger partial charge is 0.396 e. The molecule has 1 aromatic carbocycles. The van der Waals surface area contributed by atoms with Crippen molar-refractivity contribution in [2.75, 3.05) is 6.61 Å². The quantitative estimate of drug-likeness (QED) is 0.673. The van der Waals surface area contributed by atoms with Crippen molar-refractivity contribution in [3.05, 3.63) is 48.3 Å². The van der Waals surface area contributed by atoms with E-state index in [1.54, 1.807) is 6.20 Å². The summed E-state index contributed by atoms with van der Waals surface area (Å²) in [5.74, 6) is -2.20. The van der Waals surface area contributed by atoms with Gasteiger partial charge in [-0.3, -0.25) is 0 Å². The number of rotatable bonds is 6. The van der Waals surface area contributed by atoms with Crippen molar-refractivity contribution < 1.29 is 19.0 Å². The van der Waals surface area contributed by atoms with E-state index in [4.69, 9.17) is 4.98 Å². The van der Waals surface area contributed by atoms with Crippen LogP contribution in [0, 0.1) is 11.8 Å². The molecule has 2 saturated carbocycles. The van der Waals surface area contributed by atoms with E-state index in [1.165, 1.54) is 0 Å². The average Bonchev–Trinajstić information content (AvgIpc) is 3.04. The molecule has 1 aromatic heterocycles. The first-order chi connectivity index (χ1) is 14.4. The van der Waals surface area contributed by atoms with Gasteiger partial charge < -0.3 is 15.5 Å². The molecule has 4 atom stereocenters. The van der Waals surface area contributed by atoms with Crippen molar-refractivity contribution in [2.24, 2.45) is 11.8 Å². The summed E-state index contributed by atoms with van der Waals surface area (Å²) in [5, 5.41) is 23.9. The first-order valence-electron chi connectivity index (χ1n) is 10.8. The standard InChI is InChI=1S/C23H29F2N3O2/c24-23(25)9-6-16(7-10-23)27-20-13-21(30)19(14-29)18(20)12-17-8-11-26-22(28-17)15-4-2-1-3-5-15/h1-5,8,11,16,18-21,27,29-30H,6-7,9-10,12-14H2/t18-,19-,20-,21-/m1/s1. The normalized spacial score (nSPS) is 29.2. The van der Waals surface area contributed by atoms with E-state index in [-0.39, 0.29) is 43.4 Å². The highest BCUT2D eigenvalue weighted by atomic mass is 19.3. The van der Waals surface area contributed by atoms with Crippen molar-refractivity contribution in [3.8, 4) is 11.4 Å². The van der Waals surface area contributed by atoms with Crippen LogP contribution in [0.2, 0.25) is 0 Å². The minimum atomic E-state index is -2.56. The molecule has 7 heteroatoms. The molecule has 30 heavy (non-hydrogen) atoms. The Morgan fingerprint density at radius 3 is 2.50 bits per heavy atom. The van der Waals surface area contributed by atoms with Gasteiger partial charge in [0.1, 0.15) is 0 Å². The van der Waals surface area contributed by atoms with E-state index in [9.17, 15) is 19.0 Å². The molecular weight excluding hydrogens is 388 g/mol. The third-order valence-electron chi connectivity index (χ3n) is 6.62. The number of nitrogens with zero attached hydrogens (tertiary/aromatic N) is 2. The number of nitrogens with one attached hydrogen (secondary N) is 1. The van der Waals surface area contributed by atoms with Crippen LogP contribution in [-0.2, 0) is 6.42 Å². The van der Waals surface area contributed by atoms with E-state index in [0.717, 1.165) is 11.3 Å². The fourth-order valence-electron chi connectivity index (χ4n) is 4.92. The van der Waals surface area contributed by atoms with E-state index in [2.05, 4.69) is 10.3 Å². The molecule has 0 bridgehead atoms. The van der Waals surface area contributed by atoms with Gasteiger partial charge in [0, 0.05) is 54.9 Å². The van der Waals surface area contributed by atoms with Crippen molar-refractivity contribution in [1.29, 1.82) is 0 Å². The summed E-state index contributed by atoms with van der Waals surface area (Å²) in [6.45, 7) is -0.108. The summed E-state index contributed by atoms with van der Waals surface area (Å²) < 4.78 is 27.0. The Hall–Kier alpha value is -1.96. The molecule has 162 valence electrons. The Kier molecular flexibility index (Phi) is 6.41. The van der Waals surface area contributed by atoms with Crippen LogP contribution in [0.15, 0.2) is 42.6 Å². The second-order valence-corrected chi connectivity index (χ2v) is 8.66. The summed E-state index contributed by atoms with van der Waals surface area (Å²) in [6.07, 6.45) is 2.89. The lowest BCUT2D eigenvalue weighted by Crippen LogP contribution is -2.45. The Morgan fingerprint density at radius 2 is 1.80 bits per heavy atom. The number of halogens is 2. The molecule has 2 aromatic rings. The molecule has 0 unspecified atom stereocenters. The highest BCUT2D eigenvalue weighted by Gasteiger charge is 2.44. The topological polar surface area (TPSA) is 78.3 Å². The minimum absolute atomic E-state index is 0.0204. The smallest absolute Gasteiger partial charge is 0.248 e. The maximum absolute atomic E-state index is 13.5. The maximum Gasteiger partial charge on any atom is 0.248 e. The van der Waals surface area contributed by atoms with Crippen molar-refractivity contribution in [3.63, 3.8) is 0 Å². The van der Waals surface area contributed by atoms with Gasteiger partial charge in [0.25, 0.3) is 0 Å². The summed E-state index contributed by atoms with van der Waals surface area (Å²) >= 11 is 0. The second-order valence-electron chi connectivity index (χ2n) is 8.66. The Bertz CT molecular complexity index is 826. The van der Waals surface area contributed by atoms with Crippen LogP contribution in [-0.4, -0.2) is 50.9 Å². The zero-order chi connectivity index (χ0) is 21.1. The maximum atomic E-state index is 13.5. The van der Waals surface area contributed by atoms with Gasteiger partial charge in [-0.05, 0) is 37.7 Å². The predicted molar refractivity (Wildman–Crippen MR) is 110 cm³/mol. The SMILES string of the molecule is OC[C@@H]1[C@@H](Cc2ccnc(-c3ccccc3)n2)[C@H](NC2CCC(F)(F)CC2)C[C@H]1O. The van der Waals surface area contributed by atoms with Crippen LogP contribution >= 0.6 is 0 Å². The van der Waals surface area contributed by atoms with Gasteiger partial charge in [0.2, 0.25) is 5.92 Å². The third-order valence-corrected chi connectivity index (χ3v) is 6.62. The first kappa shape index (κ1) is 21.3. The van der Waals surface area contributed by atoms with Crippen molar-refractivity contribution in [2.45, 2.75) is 62.6 Å². The summed E-state index contributed by atoms with van der Waals surface area (Å²) in [5.41, 5.74) is 1.78. The van der Waals surface area contributed by atoms with Gasteiger partial charge in [-0.2, -0.15) is 0 Å². The molecule has 0 radical (unpaired) electrons. The number of benzene rings is 1. The van der Waals surface area contributed by atoms with Crippen LogP contribution in [0.5, 0.6) is 0 Å². The number of alkyl halides is 2. The number of hydrogen-bond acceptors (Lipinski definition) is 5. The van der Waals surface area contributed by atoms with E-state index >= 15 is 0 Å². The van der Waals surface area contributed by atoms with Crippen LogP contribution in [0.1, 0.15) is 37.8 Å². The number of hydrogen-bond donors (Lipinski definition) is 3. The summed E-state index contributed by atoms with van der Waals surface area (Å²) in [4.78, 5) is 9.07. The molecule has 5 nitrogen and oxygen atoms in total. The average molecular weight is 418 g/mol. The Balaban J connectivity index is 1.49. The number of aromatic nitrogens is 2. The van der Waals surface area contributed by atoms with Crippen LogP contribution in [0.4, 0.5) is 8.78 Å². The zero-order valence-electron chi connectivity index (χ0n) is 16.9. The molecular formula is C23H29F2N3O2. The van der Waals surface area contributed by atoms with E-state index in [1.807, 2.05) is 36.4 Å². The number of aliphatic hydroxyl groups is 2. The molecule has 4 rings (SSSR count). The Labute approximate surface area is 175 Å². The minimum Gasteiger partial charge on any atom is -0.396 e. The van der Waals surface area contributed by atoms with Gasteiger partial charge in [-0.1, -0.05) is 30.3 Å². The molecule has 3 N–H and O–H groups in total. The van der Waals surface area contributed by atoms with Gasteiger partial charge in [0.05, 0.1) is 6.10 Å². The van der Waals surface area contributed by atoms with Crippen molar-refractivity contribution >= 4 is 0 Å². The molecule has 0 saturated heterocycles. The van der Waals surface area contributed by atoms with E-state index in [0.29, 0.717) is 31.5 Å². The highest BCUT2D eigenvalue weighted by molar-refractivity contribution is 5.54. The van der Waals surface area contributed by atoms with Crippen LogP contribution < -0.4 is 5.32 Å². The molecule has 2 aliphatic rings. The lowest BCUT2D eigenvalue weighted by Gasteiger charge is -2.33. The lowest BCUT2D eigenvalue weighted by atomic mass is 9.87. The Morgan fingerprint density at radius 1 is 1.07 bits per heavy atom. The molecule has 0 spiro atoms. The van der Waals surface area contributed by atoms with Gasteiger partial charge in [0.15, 0.2) is 5.82 Å². The molecule has 0 aliphatic heterocycles. The fraction of sp³-hybridized carbons (Fsp3) is 0.565. The van der Waals surface area contributed by atoms with Gasteiger partial charge in [-0.25, -0.2) is 18.7 Å². The van der Waals surface area contributed by atoms with Gasteiger partial charge in [-0.15, -0.1) is 0 Å². The predicted octanol–water partition coefficient (Wildman–Crippen LogP) is 3.21. The summed E-state index contributed by atoms with van der Waals surface area (Å²) in [6, 6.07) is 11.6. The van der Waals surface area contributed by atoms with Gasteiger partial charge >= 0.3 is 0 Å². The fourth-order valence-corrected chi connectivity index (χ4v) is 4.92. The second kappa shape index (κ2) is 9.04. The summed E-state index contributed by atoms with van der Waals surface area (Å²) in [7, 11) is 0. The van der Waals surface area contributed by atoms with Crippen molar-refractivity contribution in [1.82, 2.24) is 15.3 Å². The molecule has 2 fully saturated rings. The molecule has 2 aliphatic carbocycles. The monoisotopic (exact) mass is 417 g/mol. The highest BCUT2D eigenvalue weighted by Crippen LogP contribution is 2.38. The number of aliphatic hydroxyl groups excluding tert-OH is 2. The zero-order valence-corrected chi connectivity index (χ0v) is 16.9. The first-order valence-corrected chi connectivity index (χ1v) is 10.8. The molecule has 0 amide bonds. The lowest BCUT2D eigenvalue weighted by molar-refractivity contribution is -0.0417. The van der Waals surface area contributed by atoms with Crippen LogP contribution in [0.3, 0.4) is 0 Å². The molecule has 1 heterocycles.